The van der Waals surface area contributed by atoms with Gasteiger partial charge in [0.1, 0.15) is 18.4 Å². The van der Waals surface area contributed by atoms with Crippen LogP contribution < -0.4 is 9.62 Å². The SMILES string of the molecule is CCCCNC(=O)[C@@H](C)N(Cc1ccc(F)cc1)C(=O)CN(c1ccc(Cl)c(Cl)c1)S(C)(=O)=O. The Morgan fingerprint density at radius 3 is 2.29 bits per heavy atom. The molecule has 186 valence electrons. The van der Waals surface area contributed by atoms with Gasteiger partial charge in [0.15, 0.2) is 0 Å². The van der Waals surface area contributed by atoms with Crippen molar-refractivity contribution >= 4 is 50.7 Å². The minimum Gasteiger partial charge on any atom is -0.354 e. The maximum atomic E-state index is 13.4. The Labute approximate surface area is 209 Å². The summed E-state index contributed by atoms with van der Waals surface area (Å²) in [7, 11) is -3.88. The number of nitrogens with one attached hydrogen (secondary N) is 1. The van der Waals surface area contributed by atoms with Crippen LogP contribution in [0.1, 0.15) is 32.3 Å². The van der Waals surface area contributed by atoms with Crippen molar-refractivity contribution in [1.82, 2.24) is 10.2 Å². The van der Waals surface area contributed by atoms with Crippen LogP contribution in [-0.4, -0.2) is 50.5 Å². The van der Waals surface area contributed by atoms with Gasteiger partial charge in [-0.2, -0.15) is 0 Å². The molecule has 11 heteroatoms. The van der Waals surface area contributed by atoms with Crippen LogP contribution in [0.4, 0.5) is 10.1 Å². The number of anilines is 1. The molecule has 2 aromatic rings. The van der Waals surface area contributed by atoms with Gasteiger partial charge in [-0.1, -0.05) is 48.7 Å². The summed E-state index contributed by atoms with van der Waals surface area (Å²) in [6, 6.07) is 8.84. The Bertz CT molecular complexity index is 1110. The molecule has 0 aliphatic carbocycles. The van der Waals surface area contributed by atoms with E-state index in [2.05, 4.69) is 5.32 Å². The molecule has 0 heterocycles. The van der Waals surface area contributed by atoms with Crippen LogP contribution in [0, 0.1) is 5.82 Å². The van der Waals surface area contributed by atoms with Crippen molar-refractivity contribution in [3.05, 3.63) is 63.9 Å². The smallest absolute Gasteiger partial charge is 0.244 e. The van der Waals surface area contributed by atoms with E-state index < -0.39 is 34.3 Å². The van der Waals surface area contributed by atoms with Crippen LogP contribution in [0.2, 0.25) is 10.0 Å². The number of amides is 2. The Hall–Kier alpha value is -2.36. The predicted molar refractivity (Wildman–Crippen MR) is 133 cm³/mol. The van der Waals surface area contributed by atoms with E-state index in [1.807, 2.05) is 6.92 Å². The van der Waals surface area contributed by atoms with E-state index in [-0.39, 0.29) is 28.2 Å². The quantitative estimate of drug-likeness (QED) is 0.439. The van der Waals surface area contributed by atoms with E-state index in [0.717, 1.165) is 23.4 Å². The van der Waals surface area contributed by atoms with Gasteiger partial charge in [-0.15, -0.1) is 0 Å². The van der Waals surface area contributed by atoms with Crippen molar-refractivity contribution < 1.29 is 22.4 Å². The van der Waals surface area contributed by atoms with Crippen molar-refractivity contribution in [3.63, 3.8) is 0 Å². The van der Waals surface area contributed by atoms with E-state index in [9.17, 15) is 22.4 Å². The van der Waals surface area contributed by atoms with Crippen LogP contribution in [0.3, 0.4) is 0 Å². The molecule has 1 atom stereocenters. The normalized spacial score (nSPS) is 12.2. The summed E-state index contributed by atoms with van der Waals surface area (Å²) in [5.41, 5.74) is 0.746. The van der Waals surface area contributed by atoms with Crippen LogP contribution in [-0.2, 0) is 26.2 Å². The molecule has 0 bridgehead atoms. The summed E-state index contributed by atoms with van der Waals surface area (Å²) in [5, 5.41) is 3.15. The minimum absolute atomic E-state index is 0.0134. The standard InChI is InChI=1S/C23H28Cl2FN3O4S/c1-4-5-12-27-23(31)16(2)28(14-17-6-8-18(26)9-7-17)22(30)15-29(34(3,32)33)19-10-11-20(24)21(25)13-19/h6-11,13,16H,4-5,12,14-15H2,1-3H3,(H,27,31)/t16-/m1/s1. The number of rotatable bonds is 11. The number of halogens is 3. The molecular weight excluding hydrogens is 504 g/mol. The fraction of sp³-hybridized carbons (Fsp3) is 0.391. The second-order valence-corrected chi connectivity index (χ2v) is 10.6. The van der Waals surface area contributed by atoms with Gasteiger partial charge in [0, 0.05) is 13.1 Å². The van der Waals surface area contributed by atoms with Crippen LogP contribution in [0.25, 0.3) is 0 Å². The summed E-state index contributed by atoms with van der Waals surface area (Å²) < 4.78 is 39.3. The highest BCUT2D eigenvalue weighted by Gasteiger charge is 2.30. The number of carbonyl (C=O) groups excluding carboxylic acids is 2. The number of benzene rings is 2. The van der Waals surface area contributed by atoms with Gasteiger partial charge in [0.05, 0.1) is 22.0 Å². The lowest BCUT2D eigenvalue weighted by atomic mass is 10.1. The zero-order valence-electron chi connectivity index (χ0n) is 19.2. The third-order valence-corrected chi connectivity index (χ3v) is 7.01. The number of hydrogen-bond acceptors (Lipinski definition) is 4. The maximum Gasteiger partial charge on any atom is 0.244 e. The second kappa shape index (κ2) is 12.4. The van der Waals surface area contributed by atoms with Crippen molar-refractivity contribution in [2.75, 3.05) is 23.7 Å². The van der Waals surface area contributed by atoms with E-state index in [0.29, 0.717) is 12.1 Å². The highest BCUT2D eigenvalue weighted by molar-refractivity contribution is 7.92. The Morgan fingerprint density at radius 1 is 1.09 bits per heavy atom. The summed E-state index contributed by atoms with van der Waals surface area (Å²) >= 11 is 12.0. The van der Waals surface area contributed by atoms with Gasteiger partial charge < -0.3 is 10.2 Å². The van der Waals surface area contributed by atoms with E-state index in [1.54, 1.807) is 6.92 Å². The summed E-state index contributed by atoms with van der Waals surface area (Å²) in [4.78, 5) is 27.4. The fourth-order valence-corrected chi connectivity index (χ4v) is 4.29. The van der Waals surface area contributed by atoms with Crippen LogP contribution in [0.15, 0.2) is 42.5 Å². The zero-order chi connectivity index (χ0) is 25.5. The first-order chi connectivity index (χ1) is 15.9. The lowest BCUT2D eigenvalue weighted by molar-refractivity contribution is -0.139. The van der Waals surface area contributed by atoms with Crippen molar-refractivity contribution in [2.45, 2.75) is 39.3 Å². The predicted octanol–water partition coefficient (Wildman–Crippen LogP) is 4.23. The van der Waals surface area contributed by atoms with Gasteiger partial charge in [-0.3, -0.25) is 13.9 Å². The third kappa shape index (κ3) is 7.85. The lowest BCUT2D eigenvalue weighted by Crippen LogP contribution is -2.51. The molecule has 0 aliphatic heterocycles. The number of hydrogen-bond donors (Lipinski definition) is 1. The molecule has 0 spiro atoms. The van der Waals surface area contributed by atoms with Gasteiger partial charge in [0.2, 0.25) is 21.8 Å². The molecule has 0 radical (unpaired) electrons. The molecular formula is C23H28Cl2FN3O4S. The largest absolute Gasteiger partial charge is 0.354 e. The average Bonchev–Trinajstić information content (AvgIpc) is 2.77. The third-order valence-electron chi connectivity index (χ3n) is 5.13. The summed E-state index contributed by atoms with van der Waals surface area (Å²) in [6.45, 7) is 3.43. The Kier molecular flexibility index (Phi) is 10.1. The number of carbonyl (C=O) groups is 2. The van der Waals surface area contributed by atoms with Crippen molar-refractivity contribution in [1.29, 1.82) is 0 Å². The van der Waals surface area contributed by atoms with Gasteiger partial charge in [-0.05, 0) is 49.2 Å². The first kappa shape index (κ1) is 27.9. The second-order valence-electron chi connectivity index (χ2n) is 7.84. The lowest BCUT2D eigenvalue weighted by Gasteiger charge is -2.31. The molecule has 2 amide bonds. The zero-order valence-corrected chi connectivity index (χ0v) is 21.6. The Balaban J connectivity index is 2.35. The van der Waals surface area contributed by atoms with E-state index in [4.69, 9.17) is 23.2 Å². The van der Waals surface area contributed by atoms with Crippen molar-refractivity contribution in [3.8, 4) is 0 Å². The summed E-state index contributed by atoms with van der Waals surface area (Å²) in [6.07, 6.45) is 2.64. The van der Waals surface area contributed by atoms with Crippen LogP contribution in [0.5, 0.6) is 0 Å². The van der Waals surface area contributed by atoms with Crippen LogP contribution >= 0.6 is 23.2 Å². The van der Waals surface area contributed by atoms with Gasteiger partial charge >= 0.3 is 0 Å². The number of sulfonamides is 1. The molecule has 0 unspecified atom stereocenters. The fourth-order valence-electron chi connectivity index (χ4n) is 3.16. The van der Waals surface area contributed by atoms with E-state index >= 15 is 0 Å². The molecule has 34 heavy (non-hydrogen) atoms. The first-order valence-electron chi connectivity index (χ1n) is 10.7. The number of unbranched alkanes of at least 4 members (excludes halogenated alkanes) is 1. The molecule has 2 rings (SSSR count). The number of nitrogens with zero attached hydrogens (tertiary/aromatic N) is 2. The molecule has 0 fully saturated rings. The highest BCUT2D eigenvalue weighted by Crippen LogP contribution is 2.28. The molecule has 7 nitrogen and oxygen atoms in total. The molecule has 0 saturated carbocycles. The molecule has 0 saturated heterocycles. The Morgan fingerprint density at radius 2 is 1.74 bits per heavy atom. The molecule has 0 aliphatic rings. The van der Waals surface area contributed by atoms with Gasteiger partial charge in [-0.25, -0.2) is 12.8 Å². The highest BCUT2D eigenvalue weighted by atomic mass is 35.5. The first-order valence-corrected chi connectivity index (χ1v) is 13.3. The minimum atomic E-state index is -3.88. The topological polar surface area (TPSA) is 86.8 Å². The monoisotopic (exact) mass is 531 g/mol. The maximum absolute atomic E-state index is 13.4. The summed E-state index contributed by atoms with van der Waals surface area (Å²) in [5.74, 6) is -1.42. The van der Waals surface area contributed by atoms with Gasteiger partial charge in [0.25, 0.3) is 0 Å². The van der Waals surface area contributed by atoms with Crippen molar-refractivity contribution in [2.24, 2.45) is 0 Å². The van der Waals surface area contributed by atoms with E-state index in [1.165, 1.54) is 47.4 Å². The molecule has 0 aromatic heterocycles. The molecule has 2 aromatic carbocycles. The molecule has 1 N–H and O–H groups in total. The average molecular weight is 532 g/mol.